The van der Waals surface area contributed by atoms with Gasteiger partial charge in [0.2, 0.25) is 0 Å². The maximum atomic E-state index is 12.8. The van der Waals surface area contributed by atoms with E-state index in [4.69, 9.17) is 9.26 Å². The van der Waals surface area contributed by atoms with Crippen LogP contribution in [0.4, 0.5) is 5.69 Å². The Morgan fingerprint density at radius 2 is 1.97 bits per heavy atom. The van der Waals surface area contributed by atoms with Gasteiger partial charge in [-0.2, -0.15) is 0 Å². The lowest BCUT2D eigenvalue weighted by molar-refractivity contribution is 0.317. The Balaban J connectivity index is 1.15. The molecule has 10 heteroatoms. The first kappa shape index (κ1) is 22.2. The van der Waals surface area contributed by atoms with Gasteiger partial charge in [0.15, 0.2) is 5.76 Å². The summed E-state index contributed by atoms with van der Waals surface area (Å²) in [7, 11) is -3.71. The van der Waals surface area contributed by atoms with Gasteiger partial charge in [0.25, 0.3) is 10.0 Å². The van der Waals surface area contributed by atoms with Gasteiger partial charge >= 0.3 is 0 Å². The first-order valence-corrected chi connectivity index (χ1v) is 12.9. The summed E-state index contributed by atoms with van der Waals surface area (Å²) < 4.78 is 39.5. The molecule has 3 N–H and O–H groups in total. The van der Waals surface area contributed by atoms with Gasteiger partial charge in [-0.15, -0.1) is 11.3 Å². The average Bonchev–Trinajstić information content (AvgIpc) is 3.60. The molecule has 0 amide bonds. The largest absolute Gasteiger partial charge is 0.492 e. The van der Waals surface area contributed by atoms with Crippen LogP contribution in [0.2, 0.25) is 0 Å². The molecule has 8 nitrogen and oxygen atoms in total. The lowest BCUT2D eigenvalue weighted by Crippen LogP contribution is -2.20. The molecule has 0 aliphatic rings. The number of H-pyrrole nitrogens is 1. The van der Waals surface area contributed by atoms with E-state index < -0.39 is 10.0 Å². The number of rotatable bonds is 10. The minimum atomic E-state index is -3.71. The lowest BCUT2D eigenvalue weighted by atomic mass is 10.2. The molecule has 0 unspecified atom stereocenters. The number of nitrogens with one attached hydrogen (secondary N) is 3. The van der Waals surface area contributed by atoms with Gasteiger partial charge in [-0.3, -0.25) is 4.72 Å². The van der Waals surface area contributed by atoms with Crippen LogP contribution in [-0.2, 0) is 16.6 Å². The van der Waals surface area contributed by atoms with Gasteiger partial charge in [-0.05, 0) is 48.0 Å². The zero-order valence-electron chi connectivity index (χ0n) is 18.0. The Morgan fingerprint density at radius 3 is 2.85 bits per heavy atom. The van der Waals surface area contributed by atoms with Crippen LogP contribution in [0.3, 0.4) is 0 Å². The van der Waals surface area contributed by atoms with Gasteiger partial charge in [0, 0.05) is 41.9 Å². The molecular weight excluding hydrogens is 472 g/mol. The van der Waals surface area contributed by atoms with Crippen molar-refractivity contribution in [1.82, 2.24) is 15.5 Å². The molecule has 2 aromatic carbocycles. The summed E-state index contributed by atoms with van der Waals surface area (Å²) in [6.45, 7) is 1.75. The van der Waals surface area contributed by atoms with Crippen LogP contribution in [0, 0.1) is 0 Å². The number of aromatic amines is 1. The minimum Gasteiger partial charge on any atom is -0.492 e. The van der Waals surface area contributed by atoms with E-state index in [0.29, 0.717) is 36.0 Å². The van der Waals surface area contributed by atoms with E-state index in [1.807, 2.05) is 48.7 Å². The van der Waals surface area contributed by atoms with E-state index in [9.17, 15) is 8.42 Å². The summed E-state index contributed by atoms with van der Waals surface area (Å²) in [6.07, 6.45) is 3.42. The molecule has 0 bridgehead atoms. The van der Waals surface area contributed by atoms with Crippen LogP contribution in [0.25, 0.3) is 21.5 Å². The molecule has 5 rings (SSSR count). The van der Waals surface area contributed by atoms with Crippen LogP contribution in [0.5, 0.6) is 5.75 Å². The Bertz CT molecular complexity index is 1490. The molecule has 3 aromatic heterocycles. The second-order valence-corrected chi connectivity index (χ2v) is 10.5. The maximum Gasteiger partial charge on any atom is 0.271 e. The highest BCUT2D eigenvalue weighted by Gasteiger charge is 2.18. The quantitative estimate of drug-likeness (QED) is 0.239. The molecule has 34 heavy (non-hydrogen) atoms. The maximum absolute atomic E-state index is 12.8. The van der Waals surface area contributed by atoms with E-state index in [1.165, 1.54) is 6.20 Å². The van der Waals surface area contributed by atoms with Crippen LogP contribution in [-0.4, -0.2) is 31.7 Å². The van der Waals surface area contributed by atoms with Gasteiger partial charge in [-0.25, -0.2) is 8.42 Å². The second kappa shape index (κ2) is 9.72. The highest BCUT2D eigenvalue weighted by molar-refractivity contribution is 7.94. The third-order valence-corrected chi connectivity index (χ3v) is 8.10. The average molecular weight is 495 g/mol. The number of benzene rings is 2. The molecular formula is C24H22N4O4S2. The number of ether oxygens (including phenoxy) is 1. The van der Waals surface area contributed by atoms with Crippen molar-refractivity contribution < 1.29 is 17.7 Å². The fourth-order valence-electron chi connectivity index (χ4n) is 3.54. The first-order chi connectivity index (χ1) is 16.6. The number of hydrogen-bond donors (Lipinski definition) is 3. The van der Waals surface area contributed by atoms with Crippen molar-refractivity contribution in [2.45, 2.75) is 10.8 Å². The Morgan fingerprint density at radius 1 is 1.06 bits per heavy atom. The zero-order valence-corrected chi connectivity index (χ0v) is 19.7. The number of hydrogen-bond acceptors (Lipinski definition) is 7. The van der Waals surface area contributed by atoms with Gasteiger partial charge in [0.05, 0.1) is 11.1 Å². The molecule has 5 aromatic rings. The number of nitrogens with zero attached hydrogens (tertiary/aromatic N) is 1. The Hall–Kier alpha value is -3.60. The molecule has 3 heterocycles. The van der Waals surface area contributed by atoms with Crippen LogP contribution >= 0.6 is 11.3 Å². The minimum absolute atomic E-state index is 0.206. The third kappa shape index (κ3) is 4.98. The first-order valence-electron chi connectivity index (χ1n) is 10.6. The van der Waals surface area contributed by atoms with E-state index >= 15 is 0 Å². The molecule has 0 saturated carbocycles. The van der Waals surface area contributed by atoms with Crippen molar-refractivity contribution >= 4 is 38.0 Å². The van der Waals surface area contributed by atoms with E-state index in [2.05, 4.69) is 20.2 Å². The summed E-state index contributed by atoms with van der Waals surface area (Å²) >= 11 is 1.13. The zero-order chi connectivity index (χ0) is 23.4. The topological polar surface area (TPSA) is 109 Å². The van der Waals surface area contributed by atoms with Gasteiger partial charge in [0.1, 0.15) is 16.6 Å². The fraction of sp³-hybridized carbons (Fsp3) is 0.125. The number of fused-ring (bicyclic) bond motifs is 1. The normalized spacial score (nSPS) is 11.6. The van der Waals surface area contributed by atoms with Crippen molar-refractivity contribution in [2.24, 2.45) is 0 Å². The number of anilines is 1. The molecule has 0 aliphatic heterocycles. The standard InChI is InChI=1S/C24H22N4O4S2/c29-34(30,24-8-7-23(33-24)22-10-12-27-32-22)28-18-4-1-3-17(15-18)16-25-13-14-31-21-6-2-5-20-19(21)9-11-26-20/h1-12,15,25-26,28H,13-14,16H2. The smallest absolute Gasteiger partial charge is 0.271 e. The highest BCUT2D eigenvalue weighted by Crippen LogP contribution is 2.31. The van der Waals surface area contributed by atoms with Gasteiger partial charge in [-0.1, -0.05) is 23.4 Å². The van der Waals surface area contributed by atoms with Crippen molar-refractivity contribution in [1.29, 1.82) is 0 Å². The SMILES string of the molecule is O=S(=O)(Nc1cccc(CNCCOc2cccc3[nH]ccc23)c1)c1ccc(-c2ccno2)s1. The van der Waals surface area contributed by atoms with E-state index in [-0.39, 0.29) is 4.21 Å². The summed E-state index contributed by atoms with van der Waals surface area (Å²) in [5.74, 6) is 1.38. The molecule has 0 spiro atoms. The summed E-state index contributed by atoms with van der Waals surface area (Å²) in [5.41, 5.74) is 2.51. The molecule has 0 radical (unpaired) electrons. The number of thiophene rings is 1. The number of aromatic nitrogens is 2. The monoisotopic (exact) mass is 494 g/mol. The van der Waals surface area contributed by atoms with Crippen LogP contribution in [0.15, 0.2) is 87.9 Å². The predicted octanol–water partition coefficient (Wildman–Crippen LogP) is 4.85. The van der Waals surface area contributed by atoms with Crippen molar-refractivity contribution in [3.63, 3.8) is 0 Å². The Labute approximate surface area is 200 Å². The predicted molar refractivity (Wildman–Crippen MR) is 133 cm³/mol. The molecule has 174 valence electrons. The van der Waals surface area contributed by atoms with Crippen molar-refractivity contribution in [3.05, 3.63) is 84.7 Å². The van der Waals surface area contributed by atoms with E-state index in [1.54, 1.807) is 24.3 Å². The fourth-order valence-corrected chi connectivity index (χ4v) is 5.85. The third-order valence-electron chi connectivity index (χ3n) is 5.13. The summed E-state index contributed by atoms with van der Waals surface area (Å²) in [4.78, 5) is 3.87. The van der Waals surface area contributed by atoms with Crippen LogP contribution < -0.4 is 14.8 Å². The summed E-state index contributed by atoms with van der Waals surface area (Å²) in [5, 5.41) is 8.05. The number of sulfonamides is 1. The van der Waals surface area contributed by atoms with Gasteiger partial charge < -0.3 is 19.6 Å². The molecule has 0 atom stereocenters. The molecule has 0 saturated heterocycles. The van der Waals surface area contributed by atoms with Crippen molar-refractivity contribution in [3.8, 4) is 16.4 Å². The van der Waals surface area contributed by atoms with E-state index in [0.717, 1.165) is 33.6 Å². The highest BCUT2D eigenvalue weighted by atomic mass is 32.2. The van der Waals surface area contributed by atoms with Crippen LogP contribution in [0.1, 0.15) is 5.56 Å². The molecule has 0 fully saturated rings. The molecule has 0 aliphatic carbocycles. The Kier molecular flexibility index (Phi) is 6.35. The summed E-state index contributed by atoms with van der Waals surface area (Å²) in [6, 6.07) is 20.2. The second-order valence-electron chi connectivity index (χ2n) is 7.52. The lowest BCUT2D eigenvalue weighted by Gasteiger charge is -2.10. The van der Waals surface area contributed by atoms with Crippen molar-refractivity contribution in [2.75, 3.05) is 17.9 Å².